The highest BCUT2D eigenvalue weighted by atomic mass is 16.5. The quantitative estimate of drug-likeness (QED) is 0.483. The number of nitrogens with zero attached hydrogens (tertiary/aromatic N) is 4. The molecule has 4 aromatic rings. The van der Waals surface area contributed by atoms with Gasteiger partial charge in [0, 0.05) is 28.7 Å². The Balaban J connectivity index is 1.60. The van der Waals surface area contributed by atoms with Gasteiger partial charge in [-0.25, -0.2) is 9.36 Å². The molecule has 0 saturated carbocycles. The van der Waals surface area contributed by atoms with Crippen molar-refractivity contribution in [1.82, 2.24) is 19.4 Å². The number of hydrogen-bond acceptors (Lipinski definition) is 6. The van der Waals surface area contributed by atoms with Crippen LogP contribution in [0.1, 0.15) is 32.1 Å². The molecule has 0 bridgehead atoms. The lowest BCUT2D eigenvalue weighted by atomic mass is 10.1. The summed E-state index contributed by atoms with van der Waals surface area (Å²) in [7, 11) is 0. The number of rotatable bonds is 6. The van der Waals surface area contributed by atoms with Crippen LogP contribution in [0, 0.1) is 13.8 Å². The molecule has 1 aromatic carbocycles. The van der Waals surface area contributed by atoms with Gasteiger partial charge in [-0.2, -0.15) is 0 Å². The number of pyridine rings is 1. The Morgan fingerprint density at radius 1 is 1.06 bits per heavy atom. The van der Waals surface area contributed by atoms with E-state index in [1.54, 1.807) is 73.3 Å². The van der Waals surface area contributed by atoms with Crippen LogP contribution in [0.4, 0.5) is 0 Å². The van der Waals surface area contributed by atoms with Crippen molar-refractivity contribution in [1.29, 1.82) is 0 Å². The molecule has 1 amide bonds. The Morgan fingerprint density at radius 3 is 2.52 bits per heavy atom. The first kappa shape index (κ1) is 20.0. The summed E-state index contributed by atoms with van der Waals surface area (Å²) in [6.07, 6.45) is 1.56. The third kappa shape index (κ3) is 3.93. The van der Waals surface area contributed by atoms with E-state index in [-0.39, 0.29) is 24.1 Å². The number of Topliss-reactive ketones (excluding diaryl/α,β-unsaturated/α-hetero) is 1. The van der Waals surface area contributed by atoms with Crippen molar-refractivity contribution in [2.75, 3.05) is 5.43 Å². The smallest absolute Gasteiger partial charge is 0.295 e. The molecule has 3 heterocycles. The molecule has 0 radical (unpaired) electrons. The molecule has 156 valence electrons. The van der Waals surface area contributed by atoms with E-state index in [0.29, 0.717) is 28.2 Å². The van der Waals surface area contributed by atoms with Crippen LogP contribution in [-0.2, 0) is 6.54 Å². The largest absolute Gasteiger partial charge is 0.442 e. The monoisotopic (exact) mass is 417 g/mol. The highest BCUT2D eigenvalue weighted by Crippen LogP contribution is 2.17. The topological polar surface area (TPSA) is 112 Å². The summed E-state index contributed by atoms with van der Waals surface area (Å²) in [5.41, 5.74) is 5.32. The van der Waals surface area contributed by atoms with Crippen molar-refractivity contribution in [3.8, 4) is 11.5 Å². The van der Waals surface area contributed by atoms with Crippen LogP contribution in [-0.4, -0.2) is 31.1 Å². The molecule has 0 aliphatic rings. The molecule has 0 atom stereocenters. The first-order valence-electron chi connectivity index (χ1n) is 9.52. The SMILES string of the molecule is Cc1cc(C(=O)Cn2c(-c3ccccn3)noc2=O)c(C)n1NC(=O)c1ccccc1. The summed E-state index contributed by atoms with van der Waals surface area (Å²) in [6, 6.07) is 15.6. The van der Waals surface area contributed by atoms with Crippen LogP contribution in [0.25, 0.3) is 11.5 Å². The first-order chi connectivity index (χ1) is 15.0. The Kier molecular flexibility index (Phi) is 5.31. The maximum absolute atomic E-state index is 13.0. The van der Waals surface area contributed by atoms with Crippen molar-refractivity contribution in [2.24, 2.45) is 0 Å². The molecular weight excluding hydrogens is 398 g/mol. The summed E-state index contributed by atoms with van der Waals surface area (Å²) >= 11 is 0. The molecule has 9 nitrogen and oxygen atoms in total. The molecule has 9 heteroatoms. The molecule has 0 aliphatic carbocycles. The number of carbonyl (C=O) groups is 2. The molecule has 0 saturated heterocycles. The number of aryl methyl sites for hydroxylation is 1. The maximum atomic E-state index is 13.0. The van der Waals surface area contributed by atoms with Crippen molar-refractivity contribution in [2.45, 2.75) is 20.4 Å². The number of carbonyl (C=O) groups excluding carboxylic acids is 2. The summed E-state index contributed by atoms with van der Waals surface area (Å²) in [4.78, 5) is 41.8. The Bertz CT molecular complexity index is 1300. The van der Waals surface area contributed by atoms with Gasteiger partial charge in [0.25, 0.3) is 5.91 Å². The fraction of sp³-hybridized carbons (Fsp3) is 0.136. The van der Waals surface area contributed by atoms with E-state index in [1.807, 2.05) is 6.07 Å². The van der Waals surface area contributed by atoms with Crippen molar-refractivity contribution in [3.63, 3.8) is 0 Å². The summed E-state index contributed by atoms with van der Waals surface area (Å²) in [5.74, 6) is -1.20. The summed E-state index contributed by atoms with van der Waals surface area (Å²) in [5, 5.41) is 3.75. The number of amides is 1. The van der Waals surface area contributed by atoms with Gasteiger partial charge in [-0.1, -0.05) is 29.4 Å². The highest BCUT2D eigenvalue weighted by Gasteiger charge is 2.21. The van der Waals surface area contributed by atoms with Gasteiger partial charge in [0.2, 0.25) is 5.82 Å². The van der Waals surface area contributed by atoms with Gasteiger partial charge in [-0.05, 0) is 44.2 Å². The van der Waals surface area contributed by atoms with Crippen molar-refractivity contribution < 1.29 is 14.1 Å². The van der Waals surface area contributed by atoms with E-state index in [0.717, 1.165) is 4.57 Å². The minimum Gasteiger partial charge on any atom is -0.295 e. The fourth-order valence-corrected chi connectivity index (χ4v) is 3.29. The van der Waals surface area contributed by atoms with Crippen molar-refractivity contribution in [3.05, 3.63) is 93.9 Å². The van der Waals surface area contributed by atoms with Crippen molar-refractivity contribution >= 4 is 11.7 Å². The van der Waals surface area contributed by atoms with Gasteiger partial charge >= 0.3 is 5.76 Å². The van der Waals surface area contributed by atoms with E-state index < -0.39 is 5.76 Å². The fourth-order valence-electron chi connectivity index (χ4n) is 3.29. The number of ketones is 1. The second kappa shape index (κ2) is 8.23. The van der Waals surface area contributed by atoms with Crippen LogP contribution in [0.5, 0.6) is 0 Å². The average Bonchev–Trinajstić information content (AvgIpc) is 3.29. The van der Waals surface area contributed by atoms with Gasteiger partial charge in [0.05, 0.1) is 6.54 Å². The van der Waals surface area contributed by atoms with Gasteiger partial charge in [-0.15, -0.1) is 0 Å². The average molecular weight is 417 g/mol. The van der Waals surface area contributed by atoms with E-state index in [1.165, 1.54) is 0 Å². The lowest BCUT2D eigenvalue weighted by Crippen LogP contribution is -2.25. The number of hydrogen-bond donors (Lipinski definition) is 1. The normalized spacial score (nSPS) is 10.8. The first-order valence-corrected chi connectivity index (χ1v) is 9.52. The van der Waals surface area contributed by atoms with E-state index >= 15 is 0 Å². The van der Waals surface area contributed by atoms with Crippen LogP contribution in [0.3, 0.4) is 0 Å². The zero-order valence-corrected chi connectivity index (χ0v) is 16.9. The zero-order valence-electron chi connectivity index (χ0n) is 16.9. The standard InChI is InChI=1S/C22H19N5O4/c1-14-12-17(15(2)27(14)24-21(29)16-8-4-3-5-9-16)19(28)13-26-20(25-31-22(26)30)18-10-6-7-11-23-18/h3-12H,13H2,1-2H3,(H,24,29). The number of benzene rings is 1. The van der Waals surface area contributed by atoms with E-state index in [9.17, 15) is 14.4 Å². The molecule has 31 heavy (non-hydrogen) atoms. The lowest BCUT2D eigenvalue weighted by molar-refractivity contribution is 0.0965. The van der Waals surface area contributed by atoms with Gasteiger partial charge in [0.15, 0.2) is 5.78 Å². The second-order valence-corrected chi connectivity index (χ2v) is 6.92. The highest BCUT2D eigenvalue weighted by molar-refractivity contribution is 6.01. The van der Waals surface area contributed by atoms with Gasteiger partial charge in [0.1, 0.15) is 5.69 Å². The molecule has 0 spiro atoms. The predicted octanol–water partition coefficient (Wildman–Crippen LogP) is 2.58. The second-order valence-electron chi connectivity index (χ2n) is 6.92. The molecule has 4 rings (SSSR count). The summed E-state index contributed by atoms with van der Waals surface area (Å²) < 4.78 is 7.44. The van der Waals surface area contributed by atoms with Crippen LogP contribution >= 0.6 is 0 Å². The third-order valence-electron chi connectivity index (χ3n) is 4.86. The van der Waals surface area contributed by atoms with E-state index in [4.69, 9.17) is 4.52 Å². The molecule has 3 aromatic heterocycles. The minimum atomic E-state index is -0.750. The molecule has 1 N–H and O–H groups in total. The van der Waals surface area contributed by atoms with Crippen LogP contribution < -0.4 is 11.2 Å². The molecular formula is C22H19N5O4. The number of aromatic nitrogens is 4. The number of nitrogens with one attached hydrogen (secondary N) is 1. The molecule has 0 fully saturated rings. The maximum Gasteiger partial charge on any atom is 0.442 e. The van der Waals surface area contributed by atoms with E-state index in [2.05, 4.69) is 15.6 Å². The molecule has 0 unspecified atom stereocenters. The van der Waals surface area contributed by atoms with Gasteiger partial charge < -0.3 is 0 Å². The van der Waals surface area contributed by atoms with Crippen LogP contribution in [0.2, 0.25) is 0 Å². The molecule has 0 aliphatic heterocycles. The lowest BCUT2D eigenvalue weighted by Gasteiger charge is -2.11. The predicted molar refractivity (Wildman–Crippen MR) is 112 cm³/mol. The summed E-state index contributed by atoms with van der Waals surface area (Å²) in [6.45, 7) is 3.23. The Labute approximate surface area is 176 Å². The van der Waals surface area contributed by atoms with Crippen LogP contribution in [0.15, 0.2) is 70.1 Å². The zero-order chi connectivity index (χ0) is 22.0. The Morgan fingerprint density at radius 2 is 1.81 bits per heavy atom. The Hall–Kier alpha value is -4.27. The third-order valence-corrected chi connectivity index (χ3v) is 4.86. The van der Waals surface area contributed by atoms with Gasteiger partial charge in [-0.3, -0.25) is 29.2 Å². The minimum absolute atomic E-state index is 0.171.